The third kappa shape index (κ3) is 7.56. The molecule has 1 fully saturated rings. The quantitative estimate of drug-likeness (QED) is 0.710. The van der Waals surface area contributed by atoms with E-state index in [1.54, 1.807) is 0 Å². The molecule has 1 aliphatic carbocycles. The summed E-state index contributed by atoms with van der Waals surface area (Å²) in [7, 11) is -0.989. The monoisotopic (exact) mass is 288 g/mol. The van der Waals surface area contributed by atoms with Crippen molar-refractivity contribution in [3.05, 3.63) is 0 Å². The van der Waals surface area contributed by atoms with Crippen LogP contribution >= 0.6 is 0 Å². The van der Waals surface area contributed by atoms with Crippen LogP contribution in [0.5, 0.6) is 0 Å². The van der Waals surface area contributed by atoms with Gasteiger partial charge in [0.25, 0.3) is 0 Å². The average molecular weight is 289 g/mol. The lowest BCUT2D eigenvalue weighted by Crippen LogP contribution is -2.49. The fourth-order valence-corrected chi connectivity index (χ4v) is 10.5. The van der Waals surface area contributed by atoms with Crippen LogP contribution in [-0.4, -0.2) is 50.4 Å². The van der Waals surface area contributed by atoms with E-state index in [2.05, 4.69) is 35.7 Å². The second-order valence-electron chi connectivity index (χ2n) is 6.52. The van der Waals surface area contributed by atoms with Crippen LogP contribution in [0, 0.1) is 0 Å². The third-order valence-corrected chi connectivity index (χ3v) is 8.71. The number of nitrogens with zero attached hydrogens (tertiary/aromatic N) is 1. The molecule has 1 aliphatic rings. The Balaban J connectivity index is 2.26. The van der Waals surface area contributed by atoms with Gasteiger partial charge in [-0.3, -0.25) is 0 Å². The molecule has 0 spiro atoms. The van der Waals surface area contributed by atoms with Crippen molar-refractivity contribution < 1.29 is 0 Å². The van der Waals surface area contributed by atoms with Crippen LogP contribution in [0.3, 0.4) is 0 Å². The zero-order valence-electron chi connectivity index (χ0n) is 12.3. The summed E-state index contributed by atoms with van der Waals surface area (Å²) in [5, 5.41) is 0. The van der Waals surface area contributed by atoms with E-state index in [0.717, 1.165) is 6.04 Å². The molecular weight excluding hydrogens is 256 g/mol. The number of nitrogens with one attached hydrogen (secondary N) is 1. The van der Waals surface area contributed by atoms with Crippen molar-refractivity contribution in [2.75, 3.05) is 12.3 Å². The fraction of sp³-hybridized carbons (Fsp3) is 1.00. The lowest BCUT2D eigenvalue weighted by molar-refractivity contribution is 0.408. The zero-order chi connectivity index (χ0) is 12.7. The highest BCUT2D eigenvalue weighted by Crippen LogP contribution is 2.16. The molecule has 0 amide bonds. The Labute approximate surface area is 114 Å². The summed E-state index contributed by atoms with van der Waals surface area (Å²) in [5.41, 5.74) is 0. The van der Waals surface area contributed by atoms with Crippen molar-refractivity contribution in [3.8, 4) is 0 Å². The van der Waals surface area contributed by atoms with Gasteiger partial charge in [0.2, 0.25) is 0 Å². The maximum Gasteiger partial charge on any atom is 0.170 e. The second-order valence-corrected chi connectivity index (χ2v) is 14.4. The molecule has 0 atom stereocenters. The Morgan fingerprint density at radius 1 is 1.00 bits per heavy atom. The lowest BCUT2D eigenvalue weighted by atomic mass is 9.96. The summed E-state index contributed by atoms with van der Waals surface area (Å²) >= 11 is 0. The summed E-state index contributed by atoms with van der Waals surface area (Å²) < 4.78 is 2.85. The van der Waals surface area contributed by atoms with Crippen LogP contribution in [-0.2, 0) is 0 Å². The molecule has 0 unspecified atom stereocenters. The van der Waals surface area contributed by atoms with Gasteiger partial charge >= 0.3 is 0 Å². The van der Waals surface area contributed by atoms with E-state index >= 15 is 0 Å². The van der Waals surface area contributed by atoms with E-state index in [-0.39, 0.29) is 9.84 Å². The number of hydrogen-bond donors (Lipinski definition) is 1. The summed E-state index contributed by atoms with van der Waals surface area (Å²) in [6.07, 6.45) is 10.2. The molecular formula is C12H32N2Si3. The van der Waals surface area contributed by atoms with Gasteiger partial charge in [0.05, 0.1) is 0 Å². The van der Waals surface area contributed by atoms with E-state index in [1.165, 1.54) is 44.4 Å². The first-order valence-corrected chi connectivity index (χ1v) is 15.1. The van der Waals surface area contributed by atoms with E-state index in [1.807, 2.05) is 0 Å². The summed E-state index contributed by atoms with van der Waals surface area (Å²) in [5.74, 6) is 0. The summed E-state index contributed by atoms with van der Waals surface area (Å²) in [6.45, 7) is 9.96. The Kier molecular flexibility index (Phi) is 7.94. The standard InChI is InChI=1S/C12H32N2Si3/c1-16(2)10-14(11-17(3)4)15-13-12-8-6-5-7-9-12/h12-13,16-17H,5-11,15H2,1-4H3. The normalized spacial score (nSPS) is 19.2. The molecule has 17 heavy (non-hydrogen) atoms. The lowest BCUT2D eigenvalue weighted by Gasteiger charge is -2.29. The van der Waals surface area contributed by atoms with E-state index in [0.29, 0.717) is 0 Å². The predicted octanol–water partition coefficient (Wildman–Crippen LogP) is 1.26. The smallest absolute Gasteiger partial charge is 0.170 e. The highest BCUT2D eigenvalue weighted by molar-refractivity contribution is 6.59. The van der Waals surface area contributed by atoms with Gasteiger partial charge in [-0.25, -0.2) is 0 Å². The second kappa shape index (κ2) is 8.63. The number of rotatable bonds is 7. The molecule has 0 bridgehead atoms. The largest absolute Gasteiger partial charge is 0.328 e. The summed E-state index contributed by atoms with van der Waals surface area (Å²) in [6, 6.07) is 0.876. The maximum atomic E-state index is 3.94. The molecule has 102 valence electrons. The molecule has 0 aromatic rings. The first kappa shape index (κ1) is 15.6. The SMILES string of the molecule is C[SiH](C)CN(C[SiH](C)C)[SiH2]NC1CCCCC1. The molecule has 0 aromatic carbocycles. The molecule has 0 radical (unpaired) electrons. The van der Waals surface area contributed by atoms with E-state index in [4.69, 9.17) is 0 Å². The molecule has 0 heterocycles. The zero-order valence-corrected chi connectivity index (χ0v) is 16.1. The van der Waals surface area contributed by atoms with Crippen LogP contribution < -0.4 is 4.98 Å². The van der Waals surface area contributed by atoms with Crippen LogP contribution in [0.4, 0.5) is 0 Å². The Bertz CT molecular complexity index is 184. The molecule has 1 N–H and O–H groups in total. The topological polar surface area (TPSA) is 15.3 Å². The van der Waals surface area contributed by atoms with Gasteiger partial charge in [-0.1, -0.05) is 45.5 Å². The Morgan fingerprint density at radius 2 is 1.53 bits per heavy atom. The minimum absolute atomic E-state index is 0.152. The number of hydrogen-bond acceptors (Lipinski definition) is 2. The molecule has 0 aliphatic heterocycles. The minimum Gasteiger partial charge on any atom is -0.328 e. The van der Waals surface area contributed by atoms with E-state index in [9.17, 15) is 0 Å². The van der Waals surface area contributed by atoms with Crippen molar-refractivity contribution in [2.24, 2.45) is 0 Å². The maximum absolute atomic E-state index is 3.94. The van der Waals surface area contributed by atoms with Gasteiger partial charge in [-0.15, -0.1) is 0 Å². The first-order valence-electron chi connectivity index (χ1n) is 7.53. The molecule has 1 rings (SSSR count). The van der Waals surface area contributed by atoms with Gasteiger partial charge in [0.1, 0.15) is 0 Å². The summed E-state index contributed by atoms with van der Waals surface area (Å²) in [4.78, 5) is 3.94. The molecule has 5 heteroatoms. The predicted molar refractivity (Wildman–Crippen MR) is 87.9 cm³/mol. The van der Waals surface area contributed by atoms with Crippen LogP contribution in [0.15, 0.2) is 0 Å². The first-order chi connectivity index (χ1) is 8.08. The molecule has 0 saturated heterocycles. The van der Waals surface area contributed by atoms with Crippen molar-refractivity contribution in [1.82, 2.24) is 9.55 Å². The molecule has 0 aromatic heterocycles. The minimum atomic E-state index is -0.418. The van der Waals surface area contributed by atoms with Crippen molar-refractivity contribution in [3.63, 3.8) is 0 Å². The van der Waals surface area contributed by atoms with E-state index < -0.39 is 17.6 Å². The molecule has 2 nitrogen and oxygen atoms in total. The van der Waals surface area contributed by atoms with Crippen LogP contribution in [0.1, 0.15) is 32.1 Å². The Hall–Kier alpha value is 0.571. The van der Waals surface area contributed by atoms with Crippen LogP contribution in [0.25, 0.3) is 0 Å². The van der Waals surface area contributed by atoms with Crippen molar-refractivity contribution >= 4 is 27.4 Å². The van der Waals surface area contributed by atoms with Gasteiger partial charge in [0.15, 0.2) is 9.84 Å². The third-order valence-electron chi connectivity index (χ3n) is 3.46. The average Bonchev–Trinajstić information content (AvgIpc) is 2.26. The highest BCUT2D eigenvalue weighted by atomic mass is 28.3. The Morgan fingerprint density at radius 3 is 2.00 bits per heavy atom. The van der Waals surface area contributed by atoms with Gasteiger partial charge < -0.3 is 9.55 Å². The molecule has 1 saturated carbocycles. The van der Waals surface area contributed by atoms with Crippen molar-refractivity contribution in [1.29, 1.82) is 0 Å². The fourth-order valence-electron chi connectivity index (χ4n) is 2.80. The van der Waals surface area contributed by atoms with Gasteiger partial charge in [0, 0.05) is 23.6 Å². The highest BCUT2D eigenvalue weighted by Gasteiger charge is 2.16. The van der Waals surface area contributed by atoms with Gasteiger partial charge in [-0.05, 0) is 25.2 Å². The van der Waals surface area contributed by atoms with Gasteiger partial charge in [-0.2, -0.15) is 0 Å². The van der Waals surface area contributed by atoms with Crippen molar-refractivity contribution in [2.45, 2.75) is 64.3 Å². The van der Waals surface area contributed by atoms with Crippen LogP contribution in [0.2, 0.25) is 26.2 Å².